The second kappa shape index (κ2) is 7.81. The number of fused-ring (bicyclic) bond motifs is 1. The Hall–Kier alpha value is -2.77. The minimum Gasteiger partial charge on any atom is -0.508 e. The number of allylic oxidation sites excluding steroid dienone is 2. The Bertz CT molecular complexity index is 1170. The topological polar surface area (TPSA) is 80.0 Å². The molecule has 0 radical (unpaired) electrons. The highest BCUT2D eigenvalue weighted by molar-refractivity contribution is 7.98. The molecule has 5 rings (SSSR count). The smallest absolute Gasteiger partial charge is 0.227 e. The normalized spacial score (nSPS) is 18.0. The molecule has 1 aromatic heterocycles. The molecule has 2 aliphatic rings. The number of ketones is 1. The van der Waals surface area contributed by atoms with Crippen molar-refractivity contribution in [3.63, 3.8) is 0 Å². The van der Waals surface area contributed by atoms with Crippen molar-refractivity contribution < 1.29 is 9.90 Å². The zero-order valence-electron chi connectivity index (χ0n) is 16.0. The van der Waals surface area contributed by atoms with Gasteiger partial charge in [-0.1, -0.05) is 53.7 Å². The van der Waals surface area contributed by atoms with Crippen molar-refractivity contribution in [1.82, 2.24) is 14.8 Å². The number of hydrogen-bond donors (Lipinski definition) is 2. The highest BCUT2D eigenvalue weighted by atomic mass is 35.5. The Balaban J connectivity index is 1.52. The van der Waals surface area contributed by atoms with Crippen molar-refractivity contribution in [2.75, 3.05) is 5.32 Å². The summed E-state index contributed by atoms with van der Waals surface area (Å²) in [6.45, 7) is 0. The molecule has 0 unspecified atom stereocenters. The number of thioether (sulfide) groups is 1. The zero-order valence-corrected chi connectivity index (χ0v) is 17.6. The molecule has 30 heavy (non-hydrogen) atoms. The maximum atomic E-state index is 12.8. The van der Waals surface area contributed by atoms with Crippen LogP contribution in [-0.2, 0) is 10.5 Å². The summed E-state index contributed by atoms with van der Waals surface area (Å²) in [4.78, 5) is 17.5. The highest BCUT2D eigenvalue weighted by Crippen LogP contribution is 2.41. The van der Waals surface area contributed by atoms with Crippen LogP contribution < -0.4 is 5.32 Å². The van der Waals surface area contributed by atoms with Gasteiger partial charge in [-0.3, -0.25) is 4.79 Å². The van der Waals surface area contributed by atoms with Gasteiger partial charge in [0.15, 0.2) is 5.78 Å². The minimum absolute atomic E-state index is 0.114. The van der Waals surface area contributed by atoms with Gasteiger partial charge < -0.3 is 10.4 Å². The number of phenolic OH excluding ortho intramolecular Hbond substituents is 1. The first-order chi connectivity index (χ1) is 14.6. The van der Waals surface area contributed by atoms with Gasteiger partial charge in [0.05, 0.1) is 0 Å². The van der Waals surface area contributed by atoms with Crippen molar-refractivity contribution in [2.24, 2.45) is 0 Å². The molecule has 2 heterocycles. The van der Waals surface area contributed by atoms with Crippen LogP contribution in [0.15, 0.2) is 65.0 Å². The fourth-order valence-electron chi connectivity index (χ4n) is 3.96. The molecule has 0 spiro atoms. The summed E-state index contributed by atoms with van der Waals surface area (Å²) in [5.74, 6) is 1.53. The van der Waals surface area contributed by atoms with E-state index in [1.54, 1.807) is 22.9 Å². The van der Waals surface area contributed by atoms with Crippen molar-refractivity contribution in [3.8, 4) is 5.75 Å². The predicted molar refractivity (Wildman–Crippen MR) is 117 cm³/mol. The number of halogens is 1. The number of nitrogens with one attached hydrogen (secondary N) is 1. The molecule has 1 aliphatic carbocycles. The number of rotatable bonds is 4. The number of phenols is 1. The Morgan fingerprint density at radius 3 is 2.90 bits per heavy atom. The van der Waals surface area contributed by atoms with Crippen LogP contribution in [0.4, 0.5) is 5.95 Å². The van der Waals surface area contributed by atoms with E-state index < -0.39 is 6.04 Å². The lowest BCUT2D eigenvalue weighted by atomic mass is 9.85. The summed E-state index contributed by atoms with van der Waals surface area (Å²) in [7, 11) is 0. The van der Waals surface area contributed by atoms with E-state index >= 15 is 0 Å². The van der Waals surface area contributed by atoms with E-state index in [0.717, 1.165) is 29.7 Å². The molecule has 0 saturated heterocycles. The van der Waals surface area contributed by atoms with Gasteiger partial charge in [-0.25, -0.2) is 4.68 Å². The van der Waals surface area contributed by atoms with Gasteiger partial charge in [-0.2, -0.15) is 4.98 Å². The lowest BCUT2D eigenvalue weighted by molar-refractivity contribution is -0.116. The van der Waals surface area contributed by atoms with Crippen LogP contribution in [0.25, 0.3) is 0 Å². The van der Waals surface area contributed by atoms with Gasteiger partial charge in [0.2, 0.25) is 11.1 Å². The lowest BCUT2D eigenvalue weighted by Gasteiger charge is -2.32. The molecular weight excluding hydrogens is 420 g/mol. The van der Waals surface area contributed by atoms with Crippen LogP contribution in [0.3, 0.4) is 0 Å². The predicted octanol–water partition coefficient (Wildman–Crippen LogP) is 4.95. The molecular formula is C22H19ClN4O2S. The SMILES string of the molecule is O=C1CCCC2=C1[C@@H](c1cccc(O)c1)n1nc(SCc3ccccc3Cl)nc1N2. The number of Topliss-reactive ketones (excluding diaryl/α,β-unsaturated/α-hetero) is 1. The van der Waals surface area contributed by atoms with E-state index in [0.29, 0.717) is 33.9 Å². The van der Waals surface area contributed by atoms with Crippen LogP contribution >= 0.6 is 23.4 Å². The molecule has 152 valence electrons. The summed E-state index contributed by atoms with van der Waals surface area (Å²) in [5.41, 5.74) is 3.45. The monoisotopic (exact) mass is 438 g/mol. The van der Waals surface area contributed by atoms with Crippen LogP contribution in [-0.4, -0.2) is 25.7 Å². The third-order valence-corrected chi connectivity index (χ3v) is 6.60. The molecule has 8 heteroatoms. The molecule has 2 N–H and O–H groups in total. The average molecular weight is 439 g/mol. The van der Waals surface area contributed by atoms with Gasteiger partial charge in [-0.15, -0.1) is 5.10 Å². The first kappa shape index (κ1) is 19.2. The third kappa shape index (κ3) is 3.48. The molecule has 0 fully saturated rings. The Morgan fingerprint density at radius 1 is 1.20 bits per heavy atom. The lowest BCUT2D eigenvalue weighted by Crippen LogP contribution is -2.31. The van der Waals surface area contributed by atoms with E-state index in [-0.39, 0.29) is 11.5 Å². The number of carbonyl (C=O) groups is 1. The Kier molecular flexibility index (Phi) is 5.00. The van der Waals surface area contributed by atoms with Gasteiger partial charge in [0.25, 0.3) is 0 Å². The Labute approximate surface area is 183 Å². The van der Waals surface area contributed by atoms with Crippen LogP contribution in [0.1, 0.15) is 36.4 Å². The Morgan fingerprint density at radius 2 is 2.07 bits per heavy atom. The van der Waals surface area contributed by atoms with E-state index in [1.807, 2.05) is 30.3 Å². The number of carbonyl (C=O) groups excluding carboxylic acids is 1. The number of benzene rings is 2. The summed E-state index contributed by atoms with van der Waals surface area (Å²) in [5, 5.41) is 19.4. The standard InChI is InChI=1S/C22H19ClN4O2S/c23-16-8-2-1-5-14(16)12-30-22-25-21-24-17-9-4-10-18(29)19(17)20(27(21)26-22)13-6-3-7-15(28)11-13/h1-3,5-8,11,20,28H,4,9-10,12H2,(H,24,25,26)/t20-/m1/s1. The summed E-state index contributed by atoms with van der Waals surface area (Å²) < 4.78 is 1.76. The molecule has 0 amide bonds. The molecule has 1 atom stereocenters. The van der Waals surface area contributed by atoms with E-state index in [9.17, 15) is 9.90 Å². The van der Waals surface area contributed by atoms with Crippen molar-refractivity contribution in [2.45, 2.75) is 36.2 Å². The molecule has 0 saturated carbocycles. The number of anilines is 1. The highest BCUT2D eigenvalue weighted by Gasteiger charge is 2.36. The number of aromatic hydroxyl groups is 1. The maximum absolute atomic E-state index is 12.8. The molecule has 0 bridgehead atoms. The van der Waals surface area contributed by atoms with Crippen molar-refractivity contribution >= 4 is 35.1 Å². The second-order valence-corrected chi connectivity index (χ2v) is 8.68. The van der Waals surface area contributed by atoms with Crippen molar-refractivity contribution in [3.05, 3.63) is 76.0 Å². The van der Waals surface area contributed by atoms with Gasteiger partial charge >= 0.3 is 0 Å². The minimum atomic E-state index is -0.404. The number of nitrogens with zero attached hydrogens (tertiary/aromatic N) is 3. The van der Waals surface area contributed by atoms with Gasteiger partial charge in [0, 0.05) is 28.5 Å². The first-order valence-corrected chi connectivity index (χ1v) is 11.1. The third-order valence-electron chi connectivity index (χ3n) is 5.35. The van der Waals surface area contributed by atoms with E-state index in [2.05, 4.69) is 10.3 Å². The van der Waals surface area contributed by atoms with Crippen LogP contribution in [0.2, 0.25) is 5.02 Å². The fourth-order valence-corrected chi connectivity index (χ4v) is 5.07. The largest absolute Gasteiger partial charge is 0.508 e. The van der Waals surface area contributed by atoms with Crippen LogP contribution in [0.5, 0.6) is 5.75 Å². The zero-order chi connectivity index (χ0) is 20.7. The average Bonchev–Trinajstić information content (AvgIpc) is 3.14. The summed E-state index contributed by atoms with van der Waals surface area (Å²) in [6.07, 6.45) is 2.14. The molecule has 1 aliphatic heterocycles. The van der Waals surface area contributed by atoms with Crippen molar-refractivity contribution in [1.29, 1.82) is 0 Å². The van der Waals surface area contributed by atoms with Crippen LogP contribution in [0, 0.1) is 0 Å². The number of hydrogen-bond acceptors (Lipinski definition) is 6. The molecule has 3 aromatic rings. The first-order valence-electron chi connectivity index (χ1n) is 9.75. The summed E-state index contributed by atoms with van der Waals surface area (Å²) >= 11 is 7.76. The maximum Gasteiger partial charge on any atom is 0.227 e. The quantitative estimate of drug-likeness (QED) is 0.561. The van der Waals surface area contributed by atoms with E-state index in [1.165, 1.54) is 11.8 Å². The number of aromatic nitrogens is 3. The molecule has 6 nitrogen and oxygen atoms in total. The second-order valence-electron chi connectivity index (χ2n) is 7.33. The summed E-state index contributed by atoms with van der Waals surface area (Å²) in [6, 6.07) is 14.3. The molecule has 2 aromatic carbocycles. The van der Waals surface area contributed by atoms with Gasteiger partial charge in [0.1, 0.15) is 11.8 Å². The fraction of sp³-hybridized carbons (Fsp3) is 0.227. The van der Waals surface area contributed by atoms with Gasteiger partial charge in [-0.05, 0) is 42.2 Å². The van der Waals surface area contributed by atoms with E-state index in [4.69, 9.17) is 16.7 Å².